The number of ether oxygens (including phenoxy) is 1. The normalized spacial score (nSPS) is 18.0. The van der Waals surface area contributed by atoms with Crippen molar-refractivity contribution in [2.75, 3.05) is 24.3 Å². The molecule has 10 nitrogen and oxygen atoms in total. The summed E-state index contributed by atoms with van der Waals surface area (Å²) >= 11 is 0. The van der Waals surface area contributed by atoms with Crippen LogP contribution < -0.4 is 16.2 Å². The van der Waals surface area contributed by atoms with Gasteiger partial charge in [-0.05, 0) is 71.3 Å². The predicted molar refractivity (Wildman–Crippen MR) is 159 cm³/mol. The highest BCUT2D eigenvalue weighted by molar-refractivity contribution is 7.92. The number of hydrogen-bond donors (Lipinski definition) is 3. The van der Waals surface area contributed by atoms with Gasteiger partial charge in [-0.25, -0.2) is 13.2 Å². The first-order valence-corrected chi connectivity index (χ1v) is 15.3. The third kappa shape index (κ3) is 5.60. The van der Waals surface area contributed by atoms with Crippen molar-refractivity contribution in [3.8, 4) is 0 Å². The predicted octanol–water partition coefficient (Wildman–Crippen LogP) is 4.38. The van der Waals surface area contributed by atoms with Crippen LogP contribution in [0.1, 0.15) is 35.6 Å². The van der Waals surface area contributed by atoms with Crippen LogP contribution in [0.25, 0.3) is 10.8 Å². The lowest BCUT2D eigenvalue weighted by molar-refractivity contribution is -0.131. The first kappa shape index (κ1) is 27.5. The first-order chi connectivity index (χ1) is 20.2. The van der Waals surface area contributed by atoms with Gasteiger partial charge in [0.15, 0.2) is 9.84 Å². The molecule has 3 heterocycles. The van der Waals surface area contributed by atoms with Crippen LogP contribution in [0.2, 0.25) is 0 Å². The van der Waals surface area contributed by atoms with E-state index in [0.29, 0.717) is 47.2 Å². The van der Waals surface area contributed by atoms with Gasteiger partial charge in [0.25, 0.3) is 5.56 Å². The maximum Gasteiger partial charge on any atom is 0.411 e. The van der Waals surface area contributed by atoms with Crippen molar-refractivity contribution >= 4 is 44.0 Å². The monoisotopic (exact) mass is 586 g/mol. The third-order valence-electron chi connectivity index (χ3n) is 7.63. The van der Waals surface area contributed by atoms with Crippen molar-refractivity contribution in [3.05, 3.63) is 100.0 Å². The number of likely N-dealkylation sites (N-methyl/N-ethyl adjacent to an activating group) is 1. The largest absolute Gasteiger partial charge is 0.449 e. The van der Waals surface area contributed by atoms with E-state index in [0.717, 1.165) is 10.9 Å². The van der Waals surface area contributed by atoms with Crippen LogP contribution in [0.3, 0.4) is 0 Å². The molecule has 1 atom stereocenters. The zero-order valence-corrected chi connectivity index (χ0v) is 23.7. The summed E-state index contributed by atoms with van der Waals surface area (Å²) in [6.07, 6.45) is 2.60. The molecular formula is C31H30N4O6S. The number of aromatic amines is 1. The number of pyridine rings is 1. The number of carbonyl (C=O) groups is 2. The van der Waals surface area contributed by atoms with Crippen LogP contribution >= 0.6 is 0 Å². The number of benzene rings is 3. The Bertz CT molecular complexity index is 1850. The number of hydrogen-bond acceptors (Lipinski definition) is 7. The molecule has 7 rings (SSSR count). The van der Waals surface area contributed by atoms with Crippen LogP contribution in [0, 0.1) is 0 Å². The molecule has 216 valence electrons. The van der Waals surface area contributed by atoms with Gasteiger partial charge in [0.05, 0.1) is 16.8 Å². The second-order valence-corrected chi connectivity index (χ2v) is 12.9. The number of nitrogens with zero attached hydrogens (tertiary/aromatic N) is 1. The molecule has 1 fully saturated rings. The molecule has 3 aromatic carbocycles. The molecule has 42 heavy (non-hydrogen) atoms. The molecule has 0 spiro atoms. The Kier molecular flexibility index (Phi) is 7.19. The smallest absolute Gasteiger partial charge is 0.411 e. The highest BCUT2D eigenvalue weighted by Crippen LogP contribution is 2.36. The van der Waals surface area contributed by atoms with Crippen molar-refractivity contribution in [1.82, 2.24) is 9.88 Å². The van der Waals surface area contributed by atoms with E-state index < -0.39 is 27.2 Å². The Labute approximate surface area is 242 Å². The van der Waals surface area contributed by atoms with Gasteiger partial charge >= 0.3 is 6.09 Å². The van der Waals surface area contributed by atoms with Crippen molar-refractivity contribution in [2.24, 2.45) is 0 Å². The molecule has 11 heteroatoms. The Morgan fingerprint density at radius 3 is 2.50 bits per heavy atom. The molecule has 2 amide bonds. The van der Waals surface area contributed by atoms with Gasteiger partial charge in [-0.2, -0.15) is 0 Å². The van der Waals surface area contributed by atoms with E-state index in [4.69, 9.17) is 4.74 Å². The van der Waals surface area contributed by atoms with Crippen LogP contribution in [0.15, 0.2) is 82.6 Å². The standard InChI is InChI=1S/C31H30N4O6S/c1-35-18-22-16-23(8-11-27(22)42(39,40)25-9-10-25)34-31(38)41-15-13-19-2-4-21(5-3-19)28(30(35)37)33-24-7-6-20-12-14-32-29(36)26(20)17-24/h2-8,11-12,14,16-17,25,28,33H,9-10,13,15,18H2,1H3,(H,32,36)(H,34,38). The summed E-state index contributed by atoms with van der Waals surface area (Å²) in [4.78, 5) is 43.2. The van der Waals surface area contributed by atoms with Gasteiger partial charge in [0.1, 0.15) is 6.04 Å². The van der Waals surface area contributed by atoms with Gasteiger partial charge < -0.3 is 19.9 Å². The second-order valence-electron chi connectivity index (χ2n) is 10.7. The highest BCUT2D eigenvalue weighted by Gasteiger charge is 2.38. The maximum absolute atomic E-state index is 14.1. The Hall–Kier alpha value is -4.64. The quantitative estimate of drug-likeness (QED) is 0.323. The minimum absolute atomic E-state index is 0.0155. The Morgan fingerprint density at radius 2 is 1.74 bits per heavy atom. The summed E-state index contributed by atoms with van der Waals surface area (Å²) in [7, 11) is -1.98. The van der Waals surface area contributed by atoms with Crippen LogP contribution in [-0.2, 0) is 32.3 Å². The van der Waals surface area contributed by atoms with E-state index in [-0.39, 0.29) is 29.5 Å². The van der Waals surface area contributed by atoms with Crippen molar-refractivity contribution in [1.29, 1.82) is 0 Å². The Balaban J connectivity index is 1.40. The second kappa shape index (κ2) is 11.0. The molecule has 3 aliphatic rings. The van der Waals surface area contributed by atoms with E-state index in [1.807, 2.05) is 36.4 Å². The topological polar surface area (TPSA) is 138 Å². The summed E-state index contributed by atoms with van der Waals surface area (Å²) in [5, 5.41) is 6.79. The van der Waals surface area contributed by atoms with Crippen molar-refractivity contribution in [2.45, 2.75) is 42.0 Å². The number of fused-ring (bicyclic) bond motifs is 10. The van der Waals surface area contributed by atoms with Crippen LogP contribution in [0.4, 0.5) is 16.2 Å². The number of amides is 2. The average molecular weight is 587 g/mol. The average Bonchev–Trinajstić information content (AvgIpc) is 3.83. The number of anilines is 2. The van der Waals surface area contributed by atoms with Gasteiger partial charge in [0.2, 0.25) is 5.91 Å². The SMILES string of the molecule is CN1Cc2cc(ccc2S(=O)(=O)C2CC2)NC(=O)OCCc2ccc(cc2)C(Nc2ccc3cc[nH]c(=O)c3c2)C1=O. The molecule has 4 aromatic rings. The fourth-order valence-electron chi connectivity index (χ4n) is 5.19. The van der Waals surface area contributed by atoms with Crippen molar-refractivity contribution in [3.63, 3.8) is 0 Å². The summed E-state index contributed by atoms with van der Waals surface area (Å²) in [6, 6.07) is 18.3. The lowest BCUT2D eigenvalue weighted by Gasteiger charge is -2.27. The van der Waals surface area contributed by atoms with E-state index in [1.165, 1.54) is 17.0 Å². The highest BCUT2D eigenvalue weighted by atomic mass is 32.2. The molecule has 0 saturated heterocycles. The van der Waals surface area contributed by atoms with E-state index in [1.54, 1.807) is 31.4 Å². The zero-order valence-electron chi connectivity index (χ0n) is 22.9. The molecule has 1 aromatic heterocycles. The molecule has 2 aliphatic heterocycles. The van der Waals surface area contributed by atoms with Gasteiger partial charge in [-0.15, -0.1) is 0 Å². The van der Waals surface area contributed by atoms with Gasteiger partial charge in [-0.1, -0.05) is 30.3 Å². The number of carbonyl (C=O) groups excluding carboxylic acids is 2. The fourth-order valence-corrected chi connectivity index (χ4v) is 7.05. The van der Waals surface area contributed by atoms with E-state index in [2.05, 4.69) is 15.6 Å². The van der Waals surface area contributed by atoms with Crippen molar-refractivity contribution < 1.29 is 22.7 Å². The summed E-state index contributed by atoms with van der Waals surface area (Å²) in [6.45, 7) is 0.125. The summed E-state index contributed by atoms with van der Waals surface area (Å²) < 4.78 is 31.9. The molecule has 0 radical (unpaired) electrons. The number of rotatable bonds is 4. The molecule has 1 unspecified atom stereocenters. The summed E-state index contributed by atoms with van der Waals surface area (Å²) in [5.41, 5.74) is 2.72. The van der Waals surface area contributed by atoms with Gasteiger partial charge in [-0.3, -0.25) is 14.9 Å². The summed E-state index contributed by atoms with van der Waals surface area (Å²) in [5.74, 6) is -0.301. The minimum Gasteiger partial charge on any atom is -0.449 e. The number of H-pyrrole nitrogens is 1. The number of aromatic nitrogens is 1. The lowest BCUT2D eigenvalue weighted by atomic mass is 10.0. The maximum atomic E-state index is 14.1. The molecule has 1 saturated carbocycles. The van der Waals surface area contributed by atoms with Crippen LogP contribution in [0.5, 0.6) is 0 Å². The third-order valence-corrected chi connectivity index (χ3v) is 9.99. The van der Waals surface area contributed by atoms with Gasteiger partial charge in [0, 0.05) is 43.0 Å². The Morgan fingerprint density at radius 1 is 0.952 bits per heavy atom. The fraction of sp³-hybridized carbons (Fsp3) is 0.258. The lowest BCUT2D eigenvalue weighted by Crippen LogP contribution is -2.35. The zero-order chi connectivity index (χ0) is 29.4. The molecule has 3 N–H and O–H groups in total. The minimum atomic E-state index is -3.59. The molecule has 4 bridgehead atoms. The molecular weight excluding hydrogens is 556 g/mol. The van der Waals surface area contributed by atoms with E-state index in [9.17, 15) is 22.8 Å². The first-order valence-electron chi connectivity index (χ1n) is 13.7. The number of nitrogens with one attached hydrogen (secondary N) is 3. The van der Waals surface area contributed by atoms with E-state index >= 15 is 0 Å². The molecule has 1 aliphatic carbocycles. The van der Waals surface area contributed by atoms with Crippen LogP contribution in [-0.4, -0.2) is 49.2 Å². The number of sulfone groups is 1.